The summed E-state index contributed by atoms with van der Waals surface area (Å²) in [4.78, 5) is 11.0. The van der Waals surface area contributed by atoms with Gasteiger partial charge < -0.3 is 5.32 Å². The number of nitrogens with one attached hydrogen (secondary N) is 2. The molecule has 0 saturated carbocycles. The highest BCUT2D eigenvalue weighted by Crippen LogP contribution is 2.31. The lowest BCUT2D eigenvalue weighted by Gasteiger charge is -2.13. The van der Waals surface area contributed by atoms with Crippen LogP contribution in [-0.2, 0) is 16.2 Å². The summed E-state index contributed by atoms with van der Waals surface area (Å²) in [5, 5.41) is 2.35. The van der Waals surface area contributed by atoms with E-state index in [4.69, 9.17) is 11.6 Å². The molecule has 0 atom stereocenters. The van der Waals surface area contributed by atoms with Crippen LogP contribution in [0.2, 0.25) is 5.02 Å². The molecule has 0 radical (unpaired) electrons. The first-order valence-electron chi connectivity index (χ1n) is 6.76. The topological polar surface area (TPSA) is 75.3 Å². The molecule has 25 heavy (non-hydrogen) atoms. The number of halogens is 4. The van der Waals surface area contributed by atoms with Crippen LogP contribution in [0.25, 0.3) is 0 Å². The third-order valence-electron chi connectivity index (χ3n) is 3.17. The number of rotatable bonds is 4. The van der Waals surface area contributed by atoms with Gasteiger partial charge in [-0.05, 0) is 36.4 Å². The zero-order chi connectivity index (χ0) is 18.8. The minimum atomic E-state index is -4.68. The molecule has 0 heterocycles. The molecule has 5 nitrogen and oxygen atoms in total. The number of alkyl halides is 3. The van der Waals surface area contributed by atoms with Gasteiger partial charge in [-0.3, -0.25) is 9.52 Å². The highest BCUT2D eigenvalue weighted by atomic mass is 35.5. The van der Waals surface area contributed by atoms with Crippen LogP contribution in [0.5, 0.6) is 0 Å². The summed E-state index contributed by atoms with van der Waals surface area (Å²) in [5.74, 6) is -0.476. The maximum atomic E-state index is 12.7. The van der Waals surface area contributed by atoms with Crippen molar-refractivity contribution in [3.63, 3.8) is 0 Å². The first kappa shape index (κ1) is 19.1. The molecule has 10 heteroatoms. The SMILES string of the molecule is CNC(=O)c1ccc(Cl)c(NS(=O)(=O)c2cccc(C(F)(F)F)c2)c1. The molecule has 0 aliphatic rings. The molecule has 2 aromatic carbocycles. The van der Waals surface area contributed by atoms with Crippen molar-refractivity contribution in [2.24, 2.45) is 0 Å². The molecular weight excluding hydrogens is 381 g/mol. The maximum absolute atomic E-state index is 12.7. The highest BCUT2D eigenvalue weighted by Gasteiger charge is 2.31. The Labute approximate surface area is 146 Å². The third kappa shape index (κ3) is 4.43. The predicted octanol–water partition coefficient (Wildman–Crippen LogP) is 3.52. The molecule has 1 amide bonds. The van der Waals surface area contributed by atoms with Crippen molar-refractivity contribution < 1.29 is 26.4 Å². The van der Waals surface area contributed by atoms with Crippen LogP contribution in [0.4, 0.5) is 18.9 Å². The van der Waals surface area contributed by atoms with Gasteiger partial charge in [-0.2, -0.15) is 13.2 Å². The normalized spacial score (nSPS) is 11.9. The molecule has 0 unspecified atom stereocenters. The number of anilines is 1. The fourth-order valence-electron chi connectivity index (χ4n) is 1.93. The first-order chi connectivity index (χ1) is 11.5. The molecule has 0 aromatic heterocycles. The molecule has 2 rings (SSSR count). The van der Waals surface area contributed by atoms with Crippen LogP contribution in [0.3, 0.4) is 0 Å². The molecule has 0 aliphatic carbocycles. The maximum Gasteiger partial charge on any atom is 0.416 e. The Morgan fingerprint density at radius 2 is 1.80 bits per heavy atom. The summed E-state index contributed by atoms with van der Waals surface area (Å²) < 4.78 is 65.0. The third-order valence-corrected chi connectivity index (χ3v) is 4.86. The minimum absolute atomic E-state index is 0.0109. The Balaban J connectivity index is 2.41. The number of amides is 1. The lowest BCUT2D eigenvalue weighted by Crippen LogP contribution is -2.19. The van der Waals surface area contributed by atoms with Gasteiger partial charge in [-0.25, -0.2) is 8.42 Å². The Hall–Kier alpha value is -2.26. The zero-order valence-electron chi connectivity index (χ0n) is 12.7. The monoisotopic (exact) mass is 392 g/mol. The van der Waals surface area contributed by atoms with Crippen molar-refractivity contribution in [2.75, 3.05) is 11.8 Å². The van der Waals surface area contributed by atoms with Crippen molar-refractivity contribution in [1.82, 2.24) is 5.32 Å². The summed E-state index contributed by atoms with van der Waals surface area (Å²) in [6.45, 7) is 0. The summed E-state index contributed by atoms with van der Waals surface area (Å²) in [5.41, 5.74) is -1.09. The Bertz CT molecular complexity index is 914. The van der Waals surface area contributed by atoms with E-state index in [0.717, 1.165) is 18.2 Å². The standard InChI is InChI=1S/C15H12ClF3N2O3S/c1-20-14(22)9-5-6-12(16)13(7-9)21-25(23,24)11-4-2-3-10(8-11)15(17,18)19/h2-8,21H,1H3,(H,20,22). The van der Waals surface area contributed by atoms with Gasteiger partial charge in [0.05, 0.1) is 21.2 Å². The zero-order valence-corrected chi connectivity index (χ0v) is 14.3. The van der Waals surface area contributed by atoms with E-state index in [9.17, 15) is 26.4 Å². The van der Waals surface area contributed by atoms with E-state index in [2.05, 4.69) is 10.0 Å². The van der Waals surface area contributed by atoms with Crippen molar-refractivity contribution in [1.29, 1.82) is 0 Å². The predicted molar refractivity (Wildman–Crippen MR) is 87.1 cm³/mol. The van der Waals surface area contributed by atoms with E-state index in [0.29, 0.717) is 6.07 Å². The molecular formula is C15H12ClF3N2O3S. The highest BCUT2D eigenvalue weighted by molar-refractivity contribution is 7.92. The van der Waals surface area contributed by atoms with E-state index >= 15 is 0 Å². The van der Waals surface area contributed by atoms with Crippen LogP contribution >= 0.6 is 11.6 Å². The molecule has 0 aliphatic heterocycles. The van der Waals surface area contributed by atoms with Crippen LogP contribution in [0, 0.1) is 0 Å². The lowest BCUT2D eigenvalue weighted by atomic mass is 10.2. The van der Waals surface area contributed by atoms with Gasteiger partial charge in [0, 0.05) is 12.6 Å². The Kier molecular flexibility index (Phi) is 5.28. The van der Waals surface area contributed by atoms with Gasteiger partial charge in [0.25, 0.3) is 15.9 Å². The van der Waals surface area contributed by atoms with E-state index in [1.165, 1.54) is 25.2 Å². The second-order valence-electron chi connectivity index (χ2n) is 4.90. The average molecular weight is 393 g/mol. The number of benzene rings is 2. The fraction of sp³-hybridized carbons (Fsp3) is 0.133. The number of carbonyl (C=O) groups is 1. The Morgan fingerprint density at radius 3 is 2.40 bits per heavy atom. The fourth-order valence-corrected chi connectivity index (χ4v) is 3.27. The number of carbonyl (C=O) groups excluding carboxylic acids is 1. The number of hydrogen-bond acceptors (Lipinski definition) is 3. The van der Waals surface area contributed by atoms with Crippen LogP contribution < -0.4 is 10.0 Å². The van der Waals surface area contributed by atoms with E-state index in [-0.39, 0.29) is 16.3 Å². The van der Waals surface area contributed by atoms with Gasteiger partial charge >= 0.3 is 6.18 Å². The summed E-state index contributed by atoms with van der Waals surface area (Å²) in [7, 11) is -2.94. The van der Waals surface area contributed by atoms with Crippen LogP contribution in [0.1, 0.15) is 15.9 Å². The smallest absolute Gasteiger partial charge is 0.355 e. The molecule has 2 N–H and O–H groups in total. The van der Waals surface area contributed by atoms with Crippen LogP contribution in [-0.4, -0.2) is 21.4 Å². The largest absolute Gasteiger partial charge is 0.416 e. The molecule has 0 spiro atoms. The average Bonchev–Trinajstić information content (AvgIpc) is 2.55. The molecule has 2 aromatic rings. The van der Waals surface area contributed by atoms with E-state index in [1.807, 2.05) is 0 Å². The van der Waals surface area contributed by atoms with Gasteiger partial charge in [-0.1, -0.05) is 17.7 Å². The van der Waals surface area contributed by atoms with Crippen molar-refractivity contribution in [3.8, 4) is 0 Å². The summed E-state index contributed by atoms with van der Waals surface area (Å²) in [6.07, 6.45) is -4.68. The van der Waals surface area contributed by atoms with E-state index < -0.39 is 32.6 Å². The van der Waals surface area contributed by atoms with Gasteiger partial charge in [0.1, 0.15) is 0 Å². The minimum Gasteiger partial charge on any atom is -0.355 e. The number of sulfonamides is 1. The van der Waals surface area contributed by atoms with Crippen molar-refractivity contribution in [2.45, 2.75) is 11.1 Å². The second kappa shape index (κ2) is 6.93. The quantitative estimate of drug-likeness (QED) is 0.836. The van der Waals surface area contributed by atoms with Gasteiger partial charge in [0.15, 0.2) is 0 Å². The summed E-state index contributed by atoms with van der Waals surface area (Å²) >= 11 is 5.90. The van der Waals surface area contributed by atoms with Crippen LogP contribution in [0.15, 0.2) is 47.4 Å². The first-order valence-corrected chi connectivity index (χ1v) is 8.62. The molecule has 0 saturated heterocycles. The van der Waals surface area contributed by atoms with Gasteiger partial charge in [0.2, 0.25) is 0 Å². The number of hydrogen-bond donors (Lipinski definition) is 2. The molecule has 0 bridgehead atoms. The molecule has 0 fully saturated rings. The van der Waals surface area contributed by atoms with Gasteiger partial charge in [-0.15, -0.1) is 0 Å². The second-order valence-corrected chi connectivity index (χ2v) is 6.99. The molecule has 134 valence electrons. The lowest BCUT2D eigenvalue weighted by molar-refractivity contribution is -0.137. The van der Waals surface area contributed by atoms with Crippen molar-refractivity contribution in [3.05, 3.63) is 58.6 Å². The Morgan fingerprint density at radius 1 is 1.12 bits per heavy atom. The van der Waals surface area contributed by atoms with Crippen molar-refractivity contribution >= 4 is 33.2 Å². The summed E-state index contributed by atoms with van der Waals surface area (Å²) in [6, 6.07) is 7.15. The van der Waals surface area contributed by atoms with E-state index in [1.54, 1.807) is 0 Å².